The maximum absolute atomic E-state index is 13.7. The molecular formula is C12H8F2KNO2S. The van der Waals surface area contributed by atoms with E-state index in [9.17, 15) is 14.0 Å². The van der Waals surface area contributed by atoms with Gasteiger partial charge in [0.2, 0.25) is 5.88 Å². The fraction of sp³-hybridized carbons (Fsp3) is 0.250. The molecule has 1 aromatic carbocycles. The van der Waals surface area contributed by atoms with Crippen molar-refractivity contribution in [2.45, 2.75) is 18.8 Å². The van der Waals surface area contributed by atoms with Crippen LogP contribution in [0.3, 0.4) is 0 Å². The smallest absolute Gasteiger partial charge is 0.663 e. The van der Waals surface area contributed by atoms with E-state index in [2.05, 4.69) is 9.87 Å². The Balaban J connectivity index is 0.00000133. The Morgan fingerprint density at radius 1 is 1.32 bits per heavy atom. The molecule has 0 saturated heterocycles. The average molecular weight is 307 g/mol. The molecule has 0 aliphatic heterocycles. The van der Waals surface area contributed by atoms with E-state index >= 15 is 0 Å². The maximum atomic E-state index is 13.7. The fourth-order valence-corrected chi connectivity index (χ4v) is 2.91. The van der Waals surface area contributed by atoms with Gasteiger partial charge in [-0.25, -0.2) is 13.8 Å². The van der Waals surface area contributed by atoms with Gasteiger partial charge in [-0.3, -0.25) is 0 Å². The van der Waals surface area contributed by atoms with E-state index in [4.69, 9.17) is 0 Å². The summed E-state index contributed by atoms with van der Waals surface area (Å²) in [6.07, 6.45) is 2.05. The maximum Gasteiger partial charge on any atom is 1.00 e. The van der Waals surface area contributed by atoms with E-state index < -0.39 is 11.6 Å². The molecule has 3 nitrogen and oxygen atoms in total. The summed E-state index contributed by atoms with van der Waals surface area (Å²) in [4.78, 5) is 8.31. The second-order valence-electron chi connectivity index (χ2n) is 4.17. The molecule has 0 amide bonds. The molecule has 0 unspecified atom stereocenters. The molecule has 1 heterocycles. The summed E-state index contributed by atoms with van der Waals surface area (Å²) in [7, 11) is 0. The van der Waals surface area contributed by atoms with E-state index in [-0.39, 0.29) is 62.8 Å². The zero-order valence-corrected chi connectivity index (χ0v) is 14.1. The van der Waals surface area contributed by atoms with E-state index in [1.807, 2.05) is 0 Å². The number of aromatic nitrogens is 1. The van der Waals surface area contributed by atoms with Crippen LogP contribution in [-0.4, -0.2) is 4.98 Å². The fourth-order valence-electron chi connectivity index (χ4n) is 1.73. The van der Waals surface area contributed by atoms with Crippen molar-refractivity contribution >= 4 is 11.3 Å². The summed E-state index contributed by atoms with van der Waals surface area (Å²) in [6.45, 7) is 0. The van der Waals surface area contributed by atoms with E-state index in [1.54, 1.807) is 0 Å². The predicted octanol–water partition coefficient (Wildman–Crippen LogP) is -0.376. The minimum Gasteiger partial charge on any atom is -0.663 e. The van der Waals surface area contributed by atoms with E-state index in [0.29, 0.717) is 10.8 Å². The molecule has 1 aromatic heterocycles. The van der Waals surface area contributed by atoms with Crippen molar-refractivity contribution in [3.63, 3.8) is 0 Å². The van der Waals surface area contributed by atoms with Crippen LogP contribution in [0.1, 0.15) is 23.8 Å². The SMILES string of the molecule is [K+].[O-]Oc1nc(C2CC2)sc1-c1ccc(F)cc1F. The van der Waals surface area contributed by atoms with Crippen LogP contribution in [0.4, 0.5) is 8.78 Å². The molecule has 0 bridgehead atoms. The van der Waals surface area contributed by atoms with Crippen LogP contribution in [-0.2, 0) is 0 Å². The van der Waals surface area contributed by atoms with Gasteiger partial charge < -0.3 is 10.1 Å². The summed E-state index contributed by atoms with van der Waals surface area (Å²) >= 11 is 1.23. The molecule has 1 aliphatic carbocycles. The van der Waals surface area contributed by atoms with Gasteiger partial charge in [0.05, 0.1) is 0 Å². The van der Waals surface area contributed by atoms with Crippen molar-refractivity contribution < 1.29 is 70.3 Å². The van der Waals surface area contributed by atoms with Gasteiger partial charge in [0.25, 0.3) is 0 Å². The van der Waals surface area contributed by atoms with Crippen LogP contribution in [0.25, 0.3) is 10.4 Å². The Morgan fingerprint density at radius 3 is 2.63 bits per heavy atom. The van der Waals surface area contributed by atoms with Crippen molar-refractivity contribution in [2.75, 3.05) is 0 Å². The zero-order valence-electron chi connectivity index (χ0n) is 10.2. The Kier molecular flexibility index (Phi) is 5.10. The molecular weight excluding hydrogens is 299 g/mol. The van der Waals surface area contributed by atoms with Crippen LogP contribution < -0.4 is 61.5 Å². The van der Waals surface area contributed by atoms with Crippen LogP contribution >= 0.6 is 11.3 Å². The van der Waals surface area contributed by atoms with Crippen molar-refractivity contribution in [2.24, 2.45) is 0 Å². The topological polar surface area (TPSA) is 45.2 Å². The van der Waals surface area contributed by atoms with Crippen molar-refractivity contribution in [3.8, 4) is 16.3 Å². The molecule has 1 fully saturated rings. The summed E-state index contributed by atoms with van der Waals surface area (Å²) in [5, 5.41) is 11.4. The molecule has 1 saturated carbocycles. The Hall–Kier alpha value is 0.106. The third-order valence-electron chi connectivity index (χ3n) is 2.79. The first-order chi connectivity index (χ1) is 8.69. The second-order valence-corrected chi connectivity index (χ2v) is 5.20. The number of rotatable bonds is 3. The third kappa shape index (κ3) is 3.23. The van der Waals surface area contributed by atoms with Crippen LogP contribution in [0.15, 0.2) is 18.2 Å². The minimum absolute atomic E-state index is 0. The number of hydrogen-bond donors (Lipinski definition) is 0. The minimum atomic E-state index is -0.723. The normalized spacial score (nSPS) is 14.1. The molecule has 1 aliphatic rings. The number of nitrogens with zero attached hydrogens (tertiary/aromatic N) is 1. The molecule has 19 heavy (non-hydrogen) atoms. The van der Waals surface area contributed by atoms with Gasteiger partial charge in [-0.2, -0.15) is 0 Å². The zero-order chi connectivity index (χ0) is 12.7. The van der Waals surface area contributed by atoms with Crippen molar-refractivity contribution in [1.29, 1.82) is 0 Å². The standard InChI is InChI=1S/C12H9F2NO2S.K/c13-7-3-4-8(9(14)5-7)10-11(17-16)15-12(18-10)6-1-2-6;/h3-6,16H,1-2H2;/q;+1/p-1. The Bertz CT molecular complexity index is 601. The monoisotopic (exact) mass is 307 g/mol. The number of thiazole rings is 1. The van der Waals surface area contributed by atoms with Crippen molar-refractivity contribution in [3.05, 3.63) is 34.8 Å². The first-order valence-corrected chi connectivity index (χ1v) is 6.26. The summed E-state index contributed by atoms with van der Waals surface area (Å²) in [5.41, 5.74) is 0.145. The molecule has 0 radical (unpaired) electrons. The molecule has 0 N–H and O–H groups in total. The van der Waals surface area contributed by atoms with Crippen LogP contribution in [0.2, 0.25) is 0 Å². The Labute approximate surface area is 155 Å². The predicted molar refractivity (Wildman–Crippen MR) is 60.1 cm³/mol. The van der Waals surface area contributed by atoms with Gasteiger partial charge in [-0.05, 0) is 25.0 Å². The largest absolute Gasteiger partial charge is 1.00 e. The van der Waals surface area contributed by atoms with Gasteiger partial charge in [0.1, 0.15) is 21.5 Å². The Morgan fingerprint density at radius 2 is 2.05 bits per heavy atom. The van der Waals surface area contributed by atoms with Gasteiger partial charge >= 0.3 is 51.4 Å². The molecule has 94 valence electrons. The van der Waals surface area contributed by atoms with Gasteiger partial charge in [0.15, 0.2) is 0 Å². The first kappa shape index (κ1) is 15.5. The van der Waals surface area contributed by atoms with Gasteiger partial charge in [-0.1, -0.05) is 0 Å². The van der Waals surface area contributed by atoms with Gasteiger partial charge in [-0.15, -0.1) is 11.3 Å². The van der Waals surface area contributed by atoms with Crippen molar-refractivity contribution in [1.82, 2.24) is 4.98 Å². The number of hydrogen-bond acceptors (Lipinski definition) is 4. The molecule has 7 heteroatoms. The molecule has 0 atom stereocenters. The first-order valence-electron chi connectivity index (χ1n) is 5.45. The number of benzene rings is 1. The van der Waals surface area contributed by atoms with Crippen LogP contribution in [0.5, 0.6) is 5.88 Å². The third-order valence-corrected chi connectivity index (χ3v) is 4.03. The van der Waals surface area contributed by atoms with E-state index in [1.165, 1.54) is 17.4 Å². The number of halogens is 2. The second kappa shape index (κ2) is 6.25. The molecule has 0 spiro atoms. The quantitative estimate of drug-likeness (QED) is 0.441. The van der Waals surface area contributed by atoms with Gasteiger partial charge in [0, 0.05) is 17.5 Å². The molecule has 2 aromatic rings. The summed E-state index contributed by atoms with van der Waals surface area (Å²) in [6, 6.07) is 3.21. The summed E-state index contributed by atoms with van der Waals surface area (Å²) < 4.78 is 26.5. The summed E-state index contributed by atoms with van der Waals surface area (Å²) in [5.74, 6) is -1.17. The average Bonchev–Trinajstić information content (AvgIpc) is 3.10. The van der Waals surface area contributed by atoms with Crippen LogP contribution in [0, 0.1) is 11.6 Å². The molecule has 3 rings (SSSR count). The van der Waals surface area contributed by atoms with E-state index in [0.717, 1.165) is 30.0 Å².